The van der Waals surface area contributed by atoms with Gasteiger partial charge in [0, 0.05) is 0 Å². The molecule has 100 valence electrons. The third-order valence-electron chi connectivity index (χ3n) is 1.68. The highest BCUT2D eigenvalue weighted by Gasteiger charge is 2.79. The minimum absolute atomic E-state index is 1.01. The number of ketones is 1. The molecule has 0 fully saturated rings. The standard InChI is InChI=1S/C7H3F9O/c1-2-4(8,9)5(10,7(14,15)16)3(17)6(11,12)13/h2H,1H2. The summed E-state index contributed by atoms with van der Waals surface area (Å²) in [5.74, 6) is -9.97. The molecule has 0 saturated heterocycles. The van der Waals surface area contributed by atoms with Crippen molar-refractivity contribution >= 4 is 5.78 Å². The van der Waals surface area contributed by atoms with Gasteiger partial charge in [0.15, 0.2) is 0 Å². The molecular formula is C7H3F9O. The SMILES string of the molecule is C=CC(F)(F)C(F)(C(=O)C(F)(F)F)C(F)(F)F. The average Bonchev–Trinajstić information content (AvgIpc) is 2.11. The van der Waals surface area contributed by atoms with Crippen molar-refractivity contribution in [2.24, 2.45) is 0 Å². The number of allylic oxidation sites excluding steroid dienone is 1. The van der Waals surface area contributed by atoms with Crippen LogP contribution in [0.4, 0.5) is 39.5 Å². The number of alkyl halides is 9. The zero-order chi connectivity index (χ0) is 14.3. The van der Waals surface area contributed by atoms with E-state index in [1.165, 1.54) is 0 Å². The molecule has 1 unspecified atom stereocenters. The molecule has 0 radical (unpaired) electrons. The first-order valence-electron chi connectivity index (χ1n) is 3.60. The van der Waals surface area contributed by atoms with E-state index in [1.54, 1.807) is 0 Å². The Morgan fingerprint density at radius 3 is 1.41 bits per heavy atom. The molecule has 10 heteroatoms. The van der Waals surface area contributed by atoms with Crippen LogP contribution in [0.3, 0.4) is 0 Å². The molecule has 0 saturated carbocycles. The van der Waals surface area contributed by atoms with Crippen molar-refractivity contribution < 1.29 is 44.3 Å². The van der Waals surface area contributed by atoms with Gasteiger partial charge in [0.05, 0.1) is 0 Å². The van der Waals surface area contributed by atoms with Crippen LogP contribution in [0, 0.1) is 0 Å². The van der Waals surface area contributed by atoms with Crippen LogP contribution >= 0.6 is 0 Å². The van der Waals surface area contributed by atoms with Gasteiger partial charge >= 0.3 is 23.9 Å². The zero-order valence-corrected chi connectivity index (χ0v) is 7.59. The van der Waals surface area contributed by atoms with E-state index in [1.807, 2.05) is 0 Å². The van der Waals surface area contributed by atoms with Gasteiger partial charge in [0.1, 0.15) is 0 Å². The summed E-state index contributed by atoms with van der Waals surface area (Å²) in [6.45, 7) is 2.07. The lowest BCUT2D eigenvalue weighted by Crippen LogP contribution is -2.63. The lowest BCUT2D eigenvalue weighted by molar-refractivity contribution is -0.289. The molecule has 0 N–H and O–H groups in total. The predicted molar refractivity (Wildman–Crippen MR) is 36.1 cm³/mol. The molecule has 0 bridgehead atoms. The number of hydrogen-bond acceptors (Lipinski definition) is 1. The van der Waals surface area contributed by atoms with E-state index in [0.29, 0.717) is 0 Å². The molecule has 0 heterocycles. The van der Waals surface area contributed by atoms with Crippen LogP contribution in [0.15, 0.2) is 12.7 Å². The second kappa shape index (κ2) is 3.91. The molecule has 0 aliphatic carbocycles. The van der Waals surface area contributed by atoms with E-state index in [-0.39, 0.29) is 0 Å². The third kappa shape index (κ3) is 2.39. The summed E-state index contributed by atoms with van der Waals surface area (Å²) >= 11 is 0. The summed E-state index contributed by atoms with van der Waals surface area (Å²) in [5, 5.41) is 0. The van der Waals surface area contributed by atoms with Crippen molar-refractivity contribution in [1.82, 2.24) is 0 Å². The van der Waals surface area contributed by atoms with Crippen LogP contribution in [0.25, 0.3) is 0 Å². The largest absolute Gasteiger partial charge is 0.454 e. The van der Waals surface area contributed by atoms with Crippen LogP contribution in [0.5, 0.6) is 0 Å². The number of Topliss-reactive ketones (excluding diaryl/α,β-unsaturated/α-hetero) is 1. The summed E-state index contributed by atoms with van der Waals surface area (Å²) in [4.78, 5) is 10.2. The van der Waals surface area contributed by atoms with Crippen LogP contribution in [-0.4, -0.2) is 29.7 Å². The fourth-order valence-electron chi connectivity index (χ4n) is 0.805. The van der Waals surface area contributed by atoms with Crippen molar-refractivity contribution in [2.45, 2.75) is 23.9 Å². The van der Waals surface area contributed by atoms with Crippen molar-refractivity contribution in [1.29, 1.82) is 0 Å². The minimum atomic E-state index is -6.74. The highest BCUT2D eigenvalue weighted by molar-refractivity contribution is 5.94. The van der Waals surface area contributed by atoms with Crippen molar-refractivity contribution in [2.75, 3.05) is 0 Å². The van der Waals surface area contributed by atoms with Crippen molar-refractivity contribution in [3.05, 3.63) is 12.7 Å². The molecule has 0 spiro atoms. The van der Waals surface area contributed by atoms with Gasteiger partial charge in [-0.2, -0.15) is 35.1 Å². The second-order valence-corrected chi connectivity index (χ2v) is 2.81. The second-order valence-electron chi connectivity index (χ2n) is 2.81. The maximum atomic E-state index is 13.0. The normalized spacial score (nSPS) is 17.5. The molecular weight excluding hydrogens is 271 g/mol. The van der Waals surface area contributed by atoms with Gasteiger partial charge in [0.25, 0.3) is 5.78 Å². The van der Waals surface area contributed by atoms with Gasteiger partial charge in [0.2, 0.25) is 0 Å². The van der Waals surface area contributed by atoms with Gasteiger partial charge in [-0.3, -0.25) is 4.79 Å². The Hall–Kier alpha value is -1.22. The van der Waals surface area contributed by atoms with E-state index in [4.69, 9.17) is 0 Å². The highest BCUT2D eigenvalue weighted by atomic mass is 19.4. The zero-order valence-electron chi connectivity index (χ0n) is 7.59. The maximum absolute atomic E-state index is 13.0. The van der Waals surface area contributed by atoms with E-state index >= 15 is 0 Å². The predicted octanol–water partition coefficient (Wildman–Crippen LogP) is 3.21. The third-order valence-corrected chi connectivity index (χ3v) is 1.68. The highest BCUT2D eigenvalue weighted by Crippen LogP contribution is 2.49. The number of hydrogen-bond donors (Lipinski definition) is 0. The van der Waals surface area contributed by atoms with Crippen LogP contribution < -0.4 is 0 Å². The van der Waals surface area contributed by atoms with Gasteiger partial charge in [-0.05, 0) is 6.08 Å². The Morgan fingerprint density at radius 1 is 0.882 bits per heavy atom. The molecule has 0 aliphatic rings. The summed E-state index contributed by atoms with van der Waals surface area (Å²) in [6.07, 6.45) is -14.2. The molecule has 17 heavy (non-hydrogen) atoms. The van der Waals surface area contributed by atoms with Crippen LogP contribution in [0.1, 0.15) is 0 Å². The van der Waals surface area contributed by atoms with Gasteiger partial charge in [-0.25, -0.2) is 4.39 Å². The summed E-state index contributed by atoms with van der Waals surface area (Å²) in [7, 11) is 0. The molecule has 0 aromatic carbocycles. The minimum Gasteiger partial charge on any atom is -0.285 e. The molecule has 1 nitrogen and oxygen atoms in total. The van der Waals surface area contributed by atoms with Crippen molar-refractivity contribution in [3.8, 4) is 0 Å². The lowest BCUT2D eigenvalue weighted by Gasteiger charge is -2.32. The quantitative estimate of drug-likeness (QED) is 0.570. The first-order valence-corrected chi connectivity index (χ1v) is 3.60. The monoisotopic (exact) mass is 274 g/mol. The molecule has 1 atom stereocenters. The number of carbonyl (C=O) groups excluding carboxylic acids is 1. The van der Waals surface area contributed by atoms with Gasteiger partial charge < -0.3 is 0 Å². The molecule has 0 rings (SSSR count). The fourth-order valence-corrected chi connectivity index (χ4v) is 0.805. The van der Waals surface area contributed by atoms with E-state index in [2.05, 4.69) is 6.58 Å². The number of carbonyl (C=O) groups is 1. The smallest absolute Gasteiger partial charge is 0.285 e. The Kier molecular flexibility index (Phi) is 3.63. The summed E-state index contributed by atoms with van der Waals surface area (Å²) in [6, 6.07) is 0. The summed E-state index contributed by atoms with van der Waals surface area (Å²) in [5.41, 5.74) is -6.39. The number of halogens is 9. The molecule has 0 amide bonds. The Balaban J connectivity index is 5.94. The fraction of sp³-hybridized carbons (Fsp3) is 0.571. The Morgan fingerprint density at radius 2 is 1.24 bits per heavy atom. The lowest BCUT2D eigenvalue weighted by atomic mass is 9.91. The average molecular weight is 274 g/mol. The van der Waals surface area contributed by atoms with Gasteiger partial charge in [-0.1, -0.05) is 6.58 Å². The molecule has 0 aromatic rings. The maximum Gasteiger partial charge on any atom is 0.454 e. The topological polar surface area (TPSA) is 17.1 Å². The van der Waals surface area contributed by atoms with E-state index in [0.717, 1.165) is 0 Å². The van der Waals surface area contributed by atoms with Gasteiger partial charge in [-0.15, -0.1) is 0 Å². The Bertz CT molecular complexity index is 325. The first kappa shape index (κ1) is 15.8. The van der Waals surface area contributed by atoms with Crippen molar-refractivity contribution in [3.63, 3.8) is 0 Å². The molecule has 0 aliphatic heterocycles. The van der Waals surface area contributed by atoms with Crippen LogP contribution in [0.2, 0.25) is 0 Å². The number of rotatable bonds is 3. The summed E-state index contributed by atoms with van der Waals surface area (Å²) < 4.78 is 109. The Labute approximate surface area is 87.9 Å². The van der Waals surface area contributed by atoms with E-state index in [9.17, 15) is 44.3 Å². The first-order chi connectivity index (χ1) is 7.22. The van der Waals surface area contributed by atoms with E-state index < -0.39 is 35.8 Å². The van der Waals surface area contributed by atoms with Crippen LogP contribution in [-0.2, 0) is 4.79 Å². The molecule has 0 aromatic heterocycles.